The predicted octanol–water partition coefficient (Wildman–Crippen LogP) is 2.89. The molecule has 0 unspecified atom stereocenters. The van der Waals surface area contributed by atoms with Crippen LogP contribution in [0.15, 0.2) is 37.1 Å². The van der Waals surface area contributed by atoms with Crippen molar-refractivity contribution in [1.29, 1.82) is 0 Å². The number of carbonyl (C=O) groups is 1. The van der Waals surface area contributed by atoms with Gasteiger partial charge in [0.15, 0.2) is 0 Å². The molecule has 4 rings (SSSR count). The molecule has 1 saturated heterocycles. The molecule has 0 radical (unpaired) electrons. The molecule has 1 N–H and O–H groups in total. The zero-order chi connectivity index (χ0) is 21.1. The topological polar surface area (TPSA) is 110 Å². The van der Waals surface area contributed by atoms with E-state index in [2.05, 4.69) is 32.2 Å². The summed E-state index contributed by atoms with van der Waals surface area (Å²) in [6.07, 6.45) is 8.28. The zero-order valence-electron chi connectivity index (χ0n) is 17.3. The van der Waals surface area contributed by atoms with Crippen molar-refractivity contribution in [2.24, 2.45) is 0 Å². The van der Waals surface area contributed by atoms with E-state index >= 15 is 0 Å². The highest BCUT2D eigenvalue weighted by Crippen LogP contribution is 2.30. The van der Waals surface area contributed by atoms with E-state index < -0.39 is 0 Å². The molecular weight excluding hydrogens is 380 g/mol. The van der Waals surface area contributed by atoms with Crippen molar-refractivity contribution in [2.45, 2.75) is 45.6 Å². The molecule has 0 spiro atoms. The number of hydrogen-bond donors (Lipinski definition) is 1. The Hall–Kier alpha value is -3.49. The van der Waals surface area contributed by atoms with Gasteiger partial charge in [-0.25, -0.2) is 19.9 Å². The molecule has 3 aromatic heterocycles. The van der Waals surface area contributed by atoms with Crippen molar-refractivity contribution in [1.82, 2.24) is 34.8 Å². The Morgan fingerprint density at radius 2 is 1.93 bits per heavy atom. The number of carbonyl (C=O) groups excluding carboxylic acids is 1. The summed E-state index contributed by atoms with van der Waals surface area (Å²) in [6, 6.07) is 3.91. The smallest absolute Gasteiger partial charge is 0.219 e. The van der Waals surface area contributed by atoms with Gasteiger partial charge in [0.05, 0.1) is 11.9 Å². The molecule has 0 aromatic carbocycles. The molecule has 9 heteroatoms. The standard InChI is InChI=1S/C21H24N8O/c1-13-8-19(25-12-24-13)27-20-9-17(18-10-22-6-7-23-18)26-21(28-20)16-5-4-14(2)29(11-16)15(3)30/h6-10,12,14,16H,4-5,11H2,1-3H3,(H,24,25,26,27,28)/t14-,16+/m0/s1. The van der Waals surface area contributed by atoms with E-state index in [1.807, 2.05) is 24.0 Å². The summed E-state index contributed by atoms with van der Waals surface area (Å²) in [6.45, 7) is 6.20. The van der Waals surface area contributed by atoms with Crippen LogP contribution in [-0.2, 0) is 4.79 Å². The minimum atomic E-state index is 0.0504. The lowest BCUT2D eigenvalue weighted by Crippen LogP contribution is -2.44. The minimum absolute atomic E-state index is 0.0504. The molecule has 1 fully saturated rings. The number of piperidine rings is 1. The highest BCUT2D eigenvalue weighted by molar-refractivity contribution is 5.73. The molecule has 4 heterocycles. The Morgan fingerprint density at radius 1 is 1.07 bits per heavy atom. The van der Waals surface area contributed by atoms with Crippen molar-refractivity contribution in [3.05, 3.63) is 48.6 Å². The van der Waals surface area contributed by atoms with Gasteiger partial charge in [-0.2, -0.15) is 0 Å². The van der Waals surface area contributed by atoms with E-state index in [9.17, 15) is 4.79 Å². The third-order valence-electron chi connectivity index (χ3n) is 5.28. The van der Waals surface area contributed by atoms with E-state index in [1.165, 1.54) is 6.33 Å². The van der Waals surface area contributed by atoms with Gasteiger partial charge in [-0.05, 0) is 26.7 Å². The quantitative estimate of drug-likeness (QED) is 0.707. The van der Waals surface area contributed by atoms with Crippen molar-refractivity contribution < 1.29 is 4.79 Å². The molecule has 1 aliphatic heterocycles. The monoisotopic (exact) mass is 404 g/mol. The Balaban J connectivity index is 1.71. The Bertz CT molecular complexity index is 1040. The van der Waals surface area contributed by atoms with Crippen LogP contribution in [0.3, 0.4) is 0 Å². The summed E-state index contributed by atoms with van der Waals surface area (Å²) in [5, 5.41) is 3.25. The third-order valence-corrected chi connectivity index (χ3v) is 5.28. The molecule has 1 aliphatic rings. The summed E-state index contributed by atoms with van der Waals surface area (Å²) in [5.74, 6) is 2.08. The fourth-order valence-corrected chi connectivity index (χ4v) is 3.69. The SMILES string of the molecule is CC(=O)N1C[C@H](c2nc(Nc3cc(C)ncn3)cc(-c3cnccn3)n2)CC[C@@H]1C. The van der Waals surface area contributed by atoms with E-state index in [-0.39, 0.29) is 17.9 Å². The highest BCUT2D eigenvalue weighted by atomic mass is 16.2. The van der Waals surface area contributed by atoms with Crippen molar-refractivity contribution >= 4 is 17.5 Å². The fraction of sp³-hybridized carbons (Fsp3) is 0.381. The van der Waals surface area contributed by atoms with Gasteiger partial charge in [0.25, 0.3) is 0 Å². The van der Waals surface area contributed by atoms with Gasteiger partial charge < -0.3 is 10.2 Å². The number of aromatic nitrogens is 6. The third kappa shape index (κ3) is 4.40. The molecule has 30 heavy (non-hydrogen) atoms. The van der Waals surface area contributed by atoms with Gasteiger partial charge in [0.1, 0.15) is 29.5 Å². The van der Waals surface area contributed by atoms with Crippen LogP contribution in [-0.4, -0.2) is 53.3 Å². The summed E-state index contributed by atoms with van der Waals surface area (Å²) >= 11 is 0. The average molecular weight is 404 g/mol. The van der Waals surface area contributed by atoms with Crippen LogP contribution in [0.5, 0.6) is 0 Å². The Morgan fingerprint density at radius 3 is 2.67 bits per heavy atom. The molecule has 3 aromatic rings. The largest absolute Gasteiger partial charge is 0.340 e. The normalized spacial score (nSPS) is 18.8. The number of anilines is 2. The van der Waals surface area contributed by atoms with Crippen LogP contribution in [0.4, 0.5) is 11.6 Å². The fourth-order valence-electron chi connectivity index (χ4n) is 3.69. The van der Waals surface area contributed by atoms with E-state index in [1.54, 1.807) is 25.5 Å². The first-order valence-corrected chi connectivity index (χ1v) is 9.98. The lowest BCUT2D eigenvalue weighted by Gasteiger charge is -2.37. The molecule has 0 aliphatic carbocycles. The summed E-state index contributed by atoms with van der Waals surface area (Å²) in [4.78, 5) is 40.4. The number of likely N-dealkylation sites (tertiary alicyclic amines) is 1. The number of aryl methyl sites for hydroxylation is 1. The lowest BCUT2D eigenvalue weighted by atomic mass is 9.92. The van der Waals surface area contributed by atoms with Gasteiger partial charge in [-0.3, -0.25) is 14.8 Å². The summed E-state index contributed by atoms with van der Waals surface area (Å²) in [5.41, 5.74) is 2.19. The summed E-state index contributed by atoms with van der Waals surface area (Å²) < 4.78 is 0. The molecule has 1 amide bonds. The predicted molar refractivity (Wildman–Crippen MR) is 112 cm³/mol. The maximum atomic E-state index is 12.1. The maximum Gasteiger partial charge on any atom is 0.219 e. The first kappa shape index (κ1) is 19.8. The van der Waals surface area contributed by atoms with Gasteiger partial charge in [-0.15, -0.1) is 0 Å². The Kier molecular flexibility index (Phi) is 5.60. The number of nitrogens with zero attached hydrogens (tertiary/aromatic N) is 7. The number of amides is 1. The molecule has 0 saturated carbocycles. The first-order valence-electron chi connectivity index (χ1n) is 9.98. The maximum absolute atomic E-state index is 12.1. The Labute approximate surface area is 175 Å². The van der Waals surface area contributed by atoms with Gasteiger partial charge in [0.2, 0.25) is 5.91 Å². The van der Waals surface area contributed by atoms with Gasteiger partial charge >= 0.3 is 0 Å². The van der Waals surface area contributed by atoms with Crippen LogP contribution in [0.1, 0.15) is 44.1 Å². The summed E-state index contributed by atoms with van der Waals surface area (Å²) in [7, 11) is 0. The highest BCUT2D eigenvalue weighted by Gasteiger charge is 2.30. The first-order chi connectivity index (χ1) is 14.5. The molecule has 154 valence electrons. The average Bonchev–Trinajstić information content (AvgIpc) is 2.74. The number of rotatable bonds is 4. The molecule has 0 bridgehead atoms. The van der Waals surface area contributed by atoms with E-state index in [0.717, 1.165) is 18.5 Å². The second-order valence-electron chi connectivity index (χ2n) is 7.55. The van der Waals surface area contributed by atoms with Crippen LogP contribution in [0.25, 0.3) is 11.4 Å². The van der Waals surface area contributed by atoms with E-state index in [4.69, 9.17) is 9.97 Å². The number of hydrogen-bond acceptors (Lipinski definition) is 8. The van der Waals surface area contributed by atoms with Crippen molar-refractivity contribution in [3.8, 4) is 11.4 Å². The minimum Gasteiger partial charge on any atom is -0.340 e. The molecule has 2 atom stereocenters. The van der Waals surface area contributed by atoms with Crippen molar-refractivity contribution in [3.63, 3.8) is 0 Å². The van der Waals surface area contributed by atoms with Crippen molar-refractivity contribution in [2.75, 3.05) is 11.9 Å². The second kappa shape index (κ2) is 8.48. The van der Waals surface area contributed by atoms with Crippen LogP contribution in [0, 0.1) is 6.92 Å². The molecular formula is C21H24N8O. The number of nitrogens with one attached hydrogen (secondary N) is 1. The van der Waals surface area contributed by atoms with Gasteiger partial charge in [-0.1, -0.05) is 0 Å². The molecule has 9 nitrogen and oxygen atoms in total. The van der Waals surface area contributed by atoms with Crippen LogP contribution < -0.4 is 5.32 Å². The zero-order valence-corrected chi connectivity index (χ0v) is 17.3. The van der Waals surface area contributed by atoms with E-state index in [0.29, 0.717) is 35.4 Å². The van der Waals surface area contributed by atoms with Crippen LogP contribution >= 0.6 is 0 Å². The van der Waals surface area contributed by atoms with Gasteiger partial charge in [0, 0.05) is 55.6 Å². The van der Waals surface area contributed by atoms with Crippen LogP contribution in [0.2, 0.25) is 0 Å². The second-order valence-corrected chi connectivity index (χ2v) is 7.55. The lowest BCUT2D eigenvalue weighted by molar-refractivity contribution is -0.132.